The maximum atomic E-state index is 5.90. The van der Waals surface area contributed by atoms with Crippen LogP contribution >= 0.6 is 0 Å². The van der Waals surface area contributed by atoms with Gasteiger partial charge in [0.1, 0.15) is 5.82 Å². The zero-order valence-corrected chi connectivity index (χ0v) is 16.9. The minimum absolute atomic E-state index is 0.0355. The molecule has 0 radical (unpaired) electrons. The molecular formula is C21H24N6O2. The number of anilines is 2. The Morgan fingerprint density at radius 3 is 2.41 bits per heavy atom. The Kier molecular flexibility index (Phi) is 4.84. The maximum Gasteiger partial charge on any atom is 0.265 e. The van der Waals surface area contributed by atoms with Crippen molar-refractivity contribution in [2.75, 3.05) is 25.0 Å². The van der Waals surface area contributed by atoms with E-state index in [4.69, 9.17) is 20.3 Å². The van der Waals surface area contributed by atoms with Crippen LogP contribution in [0.15, 0.2) is 41.5 Å². The molecule has 3 aromatic rings. The van der Waals surface area contributed by atoms with Gasteiger partial charge >= 0.3 is 0 Å². The average molecular weight is 392 g/mol. The summed E-state index contributed by atoms with van der Waals surface area (Å²) in [4.78, 5) is 4.48. The van der Waals surface area contributed by atoms with Gasteiger partial charge in [0.15, 0.2) is 11.5 Å². The van der Waals surface area contributed by atoms with Crippen molar-refractivity contribution >= 4 is 17.3 Å². The summed E-state index contributed by atoms with van der Waals surface area (Å²) >= 11 is 0. The van der Waals surface area contributed by atoms with E-state index >= 15 is 0 Å². The van der Waals surface area contributed by atoms with E-state index in [1.54, 1.807) is 14.2 Å². The number of fused-ring (bicyclic) bond motifs is 1. The average Bonchev–Trinajstić information content (AvgIpc) is 3.09. The highest BCUT2D eigenvalue weighted by Gasteiger charge is 2.27. The molecule has 4 rings (SSSR count). The molecular weight excluding hydrogens is 368 g/mol. The third-order valence-electron chi connectivity index (χ3n) is 4.98. The summed E-state index contributed by atoms with van der Waals surface area (Å²) in [5.74, 6) is 2.62. The molecule has 1 aliphatic rings. The second-order valence-corrected chi connectivity index (χ2v) is 7.05. The molecule has 2 heterocycles. The topological polar surface area (TPSA) is 102 Å². The molecule has 0 amide bonds. The molecule has 0 fully saturated rings. The number of hydrogen-bond donors (Lipinski definition) is 2. The highest BCUT2D eigenvalue weighted by atomic mass is 16.5. The first-order valence-corrected chi connectivity index (χ1v) is 9.38. The van der Waals surface area contributed by atoms with E-state index in [1.165, 1.54) is 0 Å². The zero-order valence-electron chi connectivity index (χ0n) is 16.9. The van der Waals surface area contributed by atoms with Gasteiger partial charge in [-0.2, -0.15) is 10.1 Å². The minimum Gasteiger partial charge on any atom is -0.493 e. The lowest BCUT2D eigenvalue weighted by atomic mass is 9.94. The first-order valence-electron chi connectivity index (χ1n) is 9.38. The third-order valence-corrected chi connectivity index (χ3v) is 4.98. The number of H-pyrrole nitrogens is 1. The van der Waals surface area contributed by atoms with Crippen molar-refractivity contribution < 1.29 is 9.47 Å². The van der Waals surface area contributed by atoms with Gasteiger partial charge in [0.25, 0.3) is 5.95 Å². The van der Waals surface area contributed by atoms with Crippen molar-refractivity contribution in [1.29, 1.82) is 0 Å². The number of aromatic nitrogens is 3. The molecule has 1 unspecified atom stereocenters. The molecule has 0 saturated heterocycles. The van der Waals surface area contributed by atoms with Gasteiger partial charge in [0.2, 0.25) is 0 Å². The second kappa shape index (κ2) is 7.46. The van der Waals surface area contributed by atoms with Crippen molar-refractivity contribution in [3.8, 4) is 11.5 Å². The van der Waals surface area contributed by atoms with Crippen LogP contribution in [-0.2, 0) is 6.42 Å². The molecule has 3 N–H and O–H groups in total. The number of nitrogen functional groups attached to an aromatic ring is 1. The zero-order chi connectivity index (χ0) is 20.5. The molecule has 150 valence electrons. The fourth-order valence-electron chi connectivity index (χ4n) is 3.50. The van der Waals surface area contributed by atoms with Gasteiger partial charge in [-0.3, -0.25) is 5.10 Å². The van der Waals surface area contributed by atoms with Crippen LogP contribution in [0.1, 0.15) is 29.4 Å². The summed E-state index contributed by atoms with van der Waals surface area (Å²) in [7, 11) is 3.27. The number of hydrogen-bond acceptors (Lipinski definition) is 7. The van der Waals surface area contributed by atoms with Gasteiger partial charge in [0.05, 0.1) is 26.0 Å². The van der Waals surface area contributed by atoms with Gasteiger partial charge < -0.3 is 15.2 Å². The number of nitrogens with zero attached hydrogens (tertiary/aromatic N) is 4. The van der Waals surface area contributed by atoms with Crippen molar-refractivity contribution in [2.24, 2.45) is 5.10 Å². The van der Waals surface area contributed by atoms with E-state index < -0.39 is 0 Å². The number of benzene rings is 2. The number of nitrogens with one attached hydrogen (secondary N) is 1. The Morgan fingerprint density at radius 2 is 1.79 bits per heavy atom. The van der Waals surface area contributed by atoms with Crippen molar-refractivity contribution in [3.63, 3.8) is 0 Å². The number of aryl methyl sites for hydroxylation is 1. The largest absolute Gasteiger partial charge is 0.493 e. The van der Waals surface area contributed by atoms with Crippen molar-refractivity contribution in [2.45, 2.75) is 26.3 Å². The molecule has 1 atom stereocenters. The Labute approximate surface area is 169 Å². The van der Waals surface area contributed by atoms with Gasteiger partial charge in [-0.1, -0.05) is 12.1 Å². The first-order chi connectivity index (χ1) is 14.0. The van der Waals surface area contributed by atoms with E-state index in [0.717, 1.165) is 34.6 Å². The number of methoxy groups -OCH3 is 2. The number of nitrogens with two attached hydrogens (primary N) is 1. The van der Waals surface area contributed by atoms with Crippen molar-refractivity contribution in [3.05, 3.63) is 58.9 Å². The highest BCUT2D eigenvalue weighted by molar-refractivity contribution is 6.14. The van der Waals surface area contributed by atoms with Gasteiger partial charge in [-0.25, -0.2) is 5.01 Å². The SMILES string of the molecule is COc1cc2c(cc1OC)C(c1ccc(N)cc1)=NN(c1n[nH]c(C)n1)C(C)C2. The van der Waals surface area contributed by atoms with Crippen LogP contribution in [0.2, 0.25) is 0 Å². The Hall–Kier alpha value is -3.55. The number of ether oxygens (including phenoxy) is 2. The fraction of sp³-hybridized carbons (Fsp3) is 0.286. The lowest BCUT2D eigenvalue weighted by Crippen LogP contribution is -2.30. The van der Waals surface area contributed by atoms with Crippen molar-refractivity contribution in [1.82, 2.24) is 15.2 Å². The van der Waals surface area contributed by atoms with E-state index in [-0.39, 0.29) is 6.04 Å². The first kappa shape index (κ1) is 18.8. The molecule has 1 aliphatic heterocycles. The summed E-state index contributed by atoms with van der Waals surface area (Å²) in [6, 6.07) is 11.7. The summed E-state index contributed by atoms with van der Waals surface area (Å²) in [6.45, 7) is 3.97. The van der Waals surface area contributed by atoms with Crippen LogP contribution < -0.4 is 20.2 Å². The van der Waals surface area contributed by atoms with Gasteiger partial charge in [0, 0.05) is 16.8 Å². The normalized spacial score (nSPS) is 16.1. The Morgan fingerprint density at radius 1 is 1.10 bits per heavy atom. The minimum atomic E-state index is 0.0355. The van der Waals surface area contributed by atoms with Crippen LogP contribution in [-0.4, -0.2) is 41.2 Å². The fourth-order valence-corrected chi connectivity index (χ4v) is 3.50. The highest BCUT2D eigenvalue weighted by Crippen LogP contribution is 2.35. The molecule has 8 nitrogen and oxygen atoms in total. The summed E-state index contributed by atoms with van der Waals surface area (Å²) in [5, 5.41) is 14.1. The lowest BCUT2D eigenvalue weighted by molar-refractivity contribution is 0.354. The van der Waals surface area contributed by atoms with Gasteiger partial charge in [-0.05, 0) is 50.1 Å². The smallest absolute Gasteiger partial charge is 0.265 e. The molecule has 0 aliphatic carbocycles. The molecule has 0 bridgehead atoms. The Balaban J connectivity index is 1.93. The maximum absolute atomic E-state index is 5.90. The van der Waals surface area contributed by atoms with Crippen LogP contribution in [0.3, 0.4) is 0 Å². The van der Waals surface area contributed by atoms with Gasteiger partial charge in [-0.15, -0.1) is 5.10 Å². The number of hydrazone groups is 1. The number of rotatable bonds is 4. The number of aromatic amines is 1. The Bertz CT molecular complexity index is 1060. The van der Waals surface area contributed by atoms with Crippen LogP contribution in [0, 0.1) is 6.92 Å². The molecule has 8 heteroatoms. The molecule has 29 heavy (non-hydrogen) atoms. The summed E-state index contributed by atoms with van der Waals surface area (Å²) in [5.41, 5.74) is 10.4. The summed E-state index contributed by atoms with van der Waals surface area (Å²) < 4.78 is 11.1. The van der Waals surface area contributed by atoms with E-state index in [9.17, 15) is 0 Å². The van der Waals surface area contributed by atoms with Crippen LogP contribution in [0.25, 0.3) is 0 Å². The quantitative estimate of drug-likeness (QED) is 0.662. The predicted molar refractivity (Wildman–Crippen MR) is 113 cm³/mol. The third kappa shape index (κ3) is 3.49. The standard InChI is InChI=1S/C21H24N6O2/c1-12-9-15-10-18(28-3)19(29-4)11-17(15)20(14-5-7-16(22)8-6-14)26-27(12)21-23-13(2)24-25-21/h5-8,10-12H,9,22H2,1-4H3,(H,23,24,25). The van der Waals surface area contributed by atoms with Crippen LogP contribution in [0.4, 0.5) is 11.6 Å². The molecule has 1 aromatic heterocycles. The molecule has 0 spiro atoms. The molecule has 0 saturated carbocycles. The lowest BCUT2D eigenvalue weighted by Gasteiger charge is -2.21. The monoisotopic (exact) mass is 392 g/mol. The van der Waals surface area contributed by atoms with E-state index in [1.807, 2.05) is 48.3 Å². The second-order valence-electron chi connectivity index (χ2n) is 7.05. The van der Waals surface area contributed by atoms with E-state index in [0.29, 0.717) is 23.1 Å². The van der Waals surface area contributed by atoms with Crippen LogP contribution in [0.5, 0.6) is 11.5 Å². The summed E-state index contributed by atoms with van der Waals surface area (Å²) in [6.07, 6.45) is 0.741. The predicted octanol–water partition coefficient (Wildman–Crippen LogP) is 2.92. The van der Waals surface area contributed by atoms with E-state index in [2.05, 4.69) is 22.1 Å². The molecule has 2 aromatic carbocycles.